The van der Waals surface area contributed by atoms with Gasteiger partial charge in [0.1, 0.15) is 5.69 Å². The third-order valence-corrected chi connectivity index (χ3v) is 3.38. The molecule has 0 saturated heterocycles. The zero-order valence-electron chi connectivity index (χ0n) is 8.00. The van der Waals surface area contributed by atoms with Crippen molar-refractivity contribution in [2.24, 2.45) is 0 Å². The fraction of sp³-hybridized carbons (Fsp3) is 0.200. The van der Waals surface area contributed by atoms with Crippen molar-refractivity contribution in [3.63, 3.8) is 0 Å². The van der Waals surface area contributed by atoms with Crippen LogP contribution in [0.1, 0.15) is 11.4 Å². The Bertz CT molecular complexity index is 445. The van der Waals surface area contributed by atoms with Crippen molar-refractivity contribution in [2.45, 2.75) is 13.8 Å². The molecule has 2 rings (SSSR count). The van der Waals surface area contributed by atoms with E-state index in [4.69, 9.17) is 0 Å². The Morgan fingerprint density at radius 2 is 2.07 bits per heavy atom. The van der Waals surface area contributed by atoms with Gasteiger partial charge in [-0.1, -0.05) is 0 Å². The van der Waals surface area contributed by atoms with Crippen LogP contribution >= 0.6 is 22.6 Å². The SMILES string of the molecule is Cc1ccc(-c2n[nH]c(C)c2I)cn1. The summed E-state index contributed by atoms with van der Waals surface area (Å²) in [5.74, 6) is 0. The topological polar surface area (TPSA) is 41.6 Å². The molecule has 0 unspecified atom stereocenters. The maximum absolute atomic E-state index is 4.25. The Kier molecular flexibility index (Phi) is 2.54. The normalized spacial score (nSPS) is 10.5. The molecule has 0 aliphatic rings. The first-order valence-corrected chi connectivity index (χ1v) is 5.40. The van der Waals surface area contributed by atoms with Crippen LogP contribution in [-0.2, 0) is 0 Å². The molecule has 2 heterocycles. The van der Waals surface area contributed by atoms with Gasteiger partial charge in [0.05, 0.1) is 3.57 Å². The van der Waals surface area contributed by atoms with Crippen molar-refractivity contribution in [2.75, 3.05) is 0 Å². The van der Waals surface area contributed by atoms with E-state index < -0.39 is 0 Å². The average Bonchev–Trinajstić information content (AvgIpc) is 2.50. The first kappa shape index (κ1) is 9.64. The van der Waals surface area contributed by atoms with Gasteiger partial charge in [-0.25, -0.2) is 0 Å². The lowest BCUT2D eigenvalue weighted by molar-refractivity contribution is 1.05. The van der Waals surface area contributed by atoms with Crippen LogP contribution in [0.25, 0.3) is 11.3 Å². The summed E-state index contributed by atoms with van der Waals surface area (Å²) in [4.78, 5) is 4.25. The van der Waals surface area contributed by atoms with Crippen LogP contribution in [0, 0.1) is 17.4 Å². The highest BCUT2D eigenvalue weighted by atomic mass is 127. The summed E-state index contributed by atoms with van der Waals surface area (Å²) >= 11 is 2.29. The van der Waals surface area contributed by atoms with Crippen LogP contribution in [0.2, 0.25) is 0 Å². The predicted molar refractivity (Wildman–Crippen MR) is 64.0 cm³/mol. The summed E-state index contributed by atoms with van der Waals surface area (Å²) in [6.45, 7) is 3.99. The molecule has 0 aliphatic carbocycles. The van der Waals surface area contributed by atoms with Crippen LogP contribution in [0.3, 0.4) is 0 Å². The second-order valence-electron chi connectivity index (χ2n) is 3.20. The number of nitrogens with zero attached hydrogens (tertiary/aromatic N) is 2. The van der Waals surface area contributed by atoms with Crippen LogP contribution in [0.4, 0.5) is 0 Å². The van der Waals surface area contributed by atoms with Crippen LogP contribution in [-0.4, -0.2) is 15.2 Å². The van der Waals surface area contributed by atoms with E-state index in [1.54, 1.807) is 0 Å². The number of pyridine rings is 1. The smallest absolute Gasteiger partial charge is 0.107 e. The Morgan fingerprint density at radius 3 is 2.57 bits per heavy atom. The quantitative estimate of drug-likeness (QED) is 0.823. The molecule has 0 aromatic carbocycles. The van der Waals surface area contributed by atoms with E-state index in [2.05, 4.69) is 37.8 Å². The third-order valence-electron chi connectivity index (χ3n) is 2.06. The van der Waals surface area contributed by atoms with Gasteiger partial charge in [0, 0.05) is 23.1 Å². The van der Waals surface area contributed by atoms with Gasteiger partial charge in [0.25, 0.3) is 0 Å². The highest BCUT2D eigenvalue weighted by molar-refractivity contribution is 14.1. The Hall–Kier alpha value is -0.910. The molecular formula is C10H10IN3. The number of rotatable bonds is 1. The summed E-state index contributed by atoms with van der Waals surface area (Å²) in [6.07, 6.45) is 1.85. The molecular weight excluding hydrogens is 289 g/mol. The van der Waals surface area contributed by atoms with Gasteiger partial charge in [-0.2, -0.15) is 5.10 Å². The lowest BCUT2D eigenvalue weighted by Crippen LogP contribution is -1.84. The molecule has 0 spiro atoms. The van der Waals surface area contributed by atoms with Crippen molar-refractivity contribution < 1.29 is 0 Å². The molecule has 2 aromatic heterocycles. The molecule has 0 aliphatic heterocycles. The van der Waals surface area contributed by atoms with E-state index in [1.807, 2.05) is 32.2 Å². The number of hydrogen-bond acceptors (Lipinski definition) is 2. The molecule has 72 valence electrons. The van der Waals surface area contributed by atoms with E-state index in [0.717, 1.165) is 26.2 Å². The number of halogens is 1. The zero-order valence-corrected chi connectivity index (χ0v) is 10.2. The minimum atomic E-state index is 0.982. The number of aromatic amines is 1. The fourth-order valence-corrected chi connectivity index (χ4v) is 1.77. The van der Waals surface area contributed by atoms with Crippen molar-refractivity contribution >= 4 is 22.6 Å². The minimum Gasteiger partial charge on any atom is -0.281 e. The van der Waals surface area contributed by atoms with Gasteiger partial charge in [0.2, 0.25) is 0 Å². The summed E-state index contributed by atoms with van der Waals surface area (Å²) in [5.41, 5.74) is 4.16. The largest absolute Gasteiger partial charge is 0.281 e. The molecule has 0 saturated carbocycles. The minimum absolute atomic E-state index is 0.982. The highest BCUT2D eigenvalue weighted by Gasteiger charge is 2.08. The number of H-pyrrole nitrogens is 1. The molecule has 3 nitrogen and oxygen atoms in total. The standard InChI is InChI=1S/C10H10IN3/c1-6-3-4-8(5-12-6)10-9(11)7(2)13-14-10/h3-5H,1-2H3,(H,13,14). The van der Waals surface area contributed by atoms with Crippen LogP contribution in [0.5, 0.6) is 0 Å². The number of hydrogen-bond donors (Lipinski definition) is 1. The zero-order chi connectivity index (χ0) is 10.1. The number of aryl methyl sites for hydroxylation is 2. The average molecular weight is 299 g/mol. The van der Waals surface area contributed by atoms with Gasteiger partial charge < -0.3 is 0 Å². The molecule has 2 aromatic rings. The summed E-state index contributed by atoms with van der Waals surface area (Å²) in [6, 6.07) is 4.04. The fourth-order valence-electron chi connectivity index (χ4n) is 1.21. The van der Waals surface area contributed by atoms with E-state index in [1.165, 1.54) is 0 Å². The van der Waals surface area contributed by atoms with E-state index in [9.17, 15) is 0 Å². The molecule has 0 bridgehead atoms. The first-order valence-electron chi connectivity index (χ1n) is 4.32. The van der Waals surface area contributed by atoms with Gasteiger partial charge >= 0.3 is 0 Å². The van der Waals surface area contributed by atoms with E-state index in [-0.39, 0.29) is 0 Å². The third kappa shape index (κ3) is 1.66. The number of aromatic nitrogens is 3. The van der Waals surface area contributed by atoms with Crippen LogP contribution in [0.15, 0.2) is 18.3 Å². The van der Waals surface area contributed by atoms with Crippen molar-refractivity contribution in [3.8, 4) is 11.3 Å². The lowest BCUT2D eigenvalue weighted by Gasteiger charge is -1.97. The lowest BCUT2D eigenvalue weighted by atomic mass is 10.2. The molecule has 14 heavy (non-hydrogen) atoms. The molecule has 0 fully saturated rings. The number of nitrogens with one attached hydrogen (secondary N) is 1. The maximum Gasteiger partial charge on any atom is 0.107 e. The molecule has 1 N–H and O–H groups in total. The second-order valence-corrected chi connectivity index (χ2v) is 4.28. The molecule has 0 radical (unpaired) electrons. The molecule has 4 heteroatoms. The monoisotopic (exact) mass is 299 g/mol. The van der Waals surface area contributed by atoms with Crippen LogP contribution < -0.4 is 0 Å². The maximum atomic E-state index is 4.25. The van der Waals surface area contributed by atoms with Gasteiger partial charge in [-0.05, 0) is 48.6 Å². The Labute approximate surface area is 96.1 Å². The highest BCUT2D eigenvalue weighted by Crippen LogP contribution is 2.24. The van der Waals surface area contributed by atoms with Gasteiger partial charge in [-0.3, -0.25) is 10.1 Å². The van der Waals surface area contributed by atoms with Gasteiger partial charge in [0.15, 0.2) is 0 Å². The Morgan fingerprint density at radius 1 is 1.29 bits per heavy atom. The first-order chi connectivity index (χ1) is 6.68. The van der Waals surface area contributed by atoms with Crippen molar-refractivity contribution in [1.82, 2.24) is 15.2 Å². The van der Waals surface area contributed by atoms with Crippen molar-refractivity contribution in [1.29, 1.82) is 0 Å². The van der Waals surface area contributed by atoms with E-state index in [0.29, 0.717) is 0 Å². The summed E-state index contributed by atoms with van der Waals surface area (Å²) in [5, 5.41) is 7.21. The molecule has 0 atom stereocenters. The summed E-state index contributed by atoms with van der Waals surface area (Å²) < 4.78 is 1.16. The predicted octanol–water partition coefficient (Wildman–Crippen LogP) is 2.69. The van der Waals surface area contributed by atoms with E-state index >= 15 is 0 Å². The Balaban J connectivity index is 2.49. The molecule has 0 amide bonds. The van der Waals surface area contributed by atoms with Gasteiger partial charge in [-0.15, -0.1) is 0 Å². The van der Waals surface area contributed by atoms with Crippen molar-refractivity contribution in [3.05, 3.63) is 33.3 Å². The summed E-state index contributed by atoms with van der Waals surface area (Å²) in [7, 11) is 0. The second kappa shape index (κ2) is 3.68.